The van der Waals surface area contributed by atoms with Crippen molar-refractivity contribution in [2.75, 3.05) is 6.54 Å². The van der Waals surface area contributed by atoms with Gasteiger partial charge >= 0.3 is 11.9 Å². The molecule has 0 aliphatic carbocycles. The van der Waals surface area contributed by atoms with Gasteiger partial charge in [0.1, 0.15) is 6.04 Å². The maximum atomic E-state index is 12.0. The lowest BCUT2D eigenvalue weighted by Crippen LogP contribution is -2.40. The Morgan fingerprint density at radius 1 is 1.13 bits per heavy atom. The van der Waals surface area contributed by atoms with Gasteiger partial charge in [-0.25, -0.2) is 9.59 Å². The van der Waals surface area contributed by atoms with E-state index in [1.807, 2.05) is 0 Å². The third kappa shape index (κ3) is 4.05. The first-order valence-corrected chi connectivity index (χ1v) is 7.49. The van der Waals surface area contributed by atoms with E-state index in [0.29, 0.717) is 24.4 Å². The standard InChI is InChI=1S/C14H18N2O7/c17-10(15-8-2-3-9(15)14(21)22)4-1-5-13(20)23-16-11(18)6-7-12(16)19/h9H,1-8H2,(H,21,22)/t9-/m0/s1. The molecule has 9 heteroatoms. The molecule has 0 bridgehead atoms. The first kappa shape index (κ1) is 16.9. The highest BCUT2D eigenvalue weighted by atomic mass is 16.7. The number of hydrogen-bond acceptors (Lipinski definition) is 6. The van der Waals surface area contributed by atoms with E-state index in [4.69, 9.17) is 5.11 Å². The quantitative estimate of drug-likeness (QED) is 0.673. The van der Waals surface area contributed by atoms with Crippen molar-refractivity contribution in [2.45, 2.75) is 51.0 Å². The van der Waals surface area contributed by atoms with Crippen LogP contribution in [-0.4, -0.2) is 57.3 Å². The number of hydroxylamine groups is 2. The molecule has 0 aromatic heterocycles. The van der Waals surface area contributed by atoms with E-state index >= 15 is 0 Å². The molecule has 2 fully saturated rings. The number of rotatable bonds is 6. The summed E-state index contributed by atoms with van der Waals surface area (Å²) < 4.78 is 0. The molecule has 2 aliphatic rings. The van der Waals surface area contributed by atoms with Gasteiger partial charge in [0.05, 0.1) is 0 Å². The summed E-state index contributed by atoms with van der Waals surface area (Å²) in [5.74, 6) is -3.23. The van der Waals surface area contributed by atoms with Crippen LogP contribution in [0, 0.1) is 0 Å². The van der Waals surface area contributed by atoms with E-state index in [9.17, 15) is 24.0 Å². The van der Waals surface area contributed by atoms with E-state index < -0.39 is 29.8 Å². The minimum atomic E-state index is -1.03. The van der Waals surface area contributed by atoms with Gasteiger partial charge < -0.3 is 14.8 Å². The summed E-state index contributed by atoms with van der Waals surface area (Å²) in [6, 6.07) is -0.797. The Morgan fingerprint density at radius 3 is 2.39 bits per heavy atom. The fourth-order valence-corrected chi connectivity index (χ4v) is 2.65. The van der Waals surface area contributed by atoms with E-state index in [-0.39, 0.29) is 38.0 Å². The van der Waals surface area contributed by atoms with Gasteiger partial charge in [0.2, 0.25) is 5.91 Å². The molecule has 0 unspecified atom stereocenters. The topological polar surface area (TPSA) is 121 Å². The summed E-state index contributed by atoms with van der Waals surface area (Å²) in [7, 11) is 0. The molecule has 23 heavy (non-hydrogen) atoms. The number of carbonyl (C=O) groups excluding carboxylic acids is 4. The molecule has 9 nitrogen and oxygen atoms in total. The minimum absolute atomic E-state index is 0.0147. The Hall–Kier alpha value is -2.45. The molecule has 1 N–H and O–H groups in total. The van der Waals surface area contributed by atoms with Crippen molar-refractivity contribution < 1.29 is 33.9 Å². The summed E-state index contributed by atoms with van der Waals surface area (Å²) in [4.78, 5) is 63.1. The van der Waals surface area contributed by atoms with Gasteiger partial charge in [0, 0.05) is 32.2 Å². The first-order valence-electron chi connectivity index (χ1n) is 7.49. The zero-order valence-corrected chi connectivity index (χ0v) is 12.5. The van der Waals surface area contributed by atoms with Gasteiger partial charge in [-0.15, -0.1) is 5.06 Å². The summed E-state index contributed by atoms with van der Waals surface area (Å²) in [5, 5.41) is 9.48. The monoisotopic (exact) mass is 326 g/mol. The minimum Gasteiger partial charge on any atom is -0.480 e. The maximum Gasteiger partial charge on any atom is 0.333 e. The Morgan fingerprint density at radius 2 is 1.78 bits per heavy atom. The lowest BCUT2D eigenvalue weighted by atomic mass is 10.2. The molecule has 2 heterocycles. The van der Waals surface area contributed by atoms with Crippen LogP contribution in [0.5, 0.6) is 0 Å². The molecule has 0 radical (unpaired) electrons. The number of nitrogens with zero attached hydrogens (tertiary/aromatic N) is 2. The molecule has 3 amide bonds. The Labute approximate surface area is 132 Å². The summed E-state index contributed by atoms with van der Waals surface area (Å²) in [5.41, 5.74) is 0. The molecule has 126 valence electrons. The van der Waals surface area contributed by atoms with E-state index in [0.717, 1.165) is 0 Å². The first-order chi connectivity index (χ1) is 10.9. The van der Waals surface area contributed by atoms with Gasteiger partial charge in [0.25, 0.3) is 11.8 Å². The Bertz CT molecular complexity index is 529. The molecule has 0 spiro atoms. The molecule has 1 atom stereocenters. The number of likely N-dealkylation sites (tertiary alicyclic amines) is 1. The number of amides is 3. The van der Waals surface area contributed by atoms with Gasteiger partial charge in [-0.05, 0) is 19.3 Å². The van der Waals surface area contributed by atoms with Crippen molar-refractivity contribution in [2.24, 2.45) is 0 Å². The van der Waals surface area contributed by atoms with Crippen molar-refractivity contribution >= 4 is 29.7 Å². The largest absolute Gasteiger partial charge is 0.480 e. The number of aliphatic carboxylic acids is 1. The predicted octanol–water partition coefficient (Wildman–Crippen LogP) is -0.161. The second-order valence-electron chi connectivity index (χ2n) is 5.48. The lowest BCUT2D eigenvalue weighted by Gasteiger charge is -2.21. The molecule has 2 aliphatic heterocycles. The number of carboxylic acid groups (broad SMARTS) is 1. The molecule has 0 aromatic carbocycles. The number of carbonyl (C=O) groups is 5. The fourth-order valence-electron chi connectivity index (χ4n) is 2.65. The van der Waals surface area contributed by atoms with Crippen LogP contribution in [0.15, 0.2) is 0 Å². The van der Waals surface area contributed by atoms with Crippen LogP contribution in [0.1, 0.15) is 44.9 Å². The van der Waals surface area contributed by atoms with Crippen molar-refractivity contribution in [1.29, 1.82) is 0 Å². The third-order valence-electron chi connectivity index (χ3n) is 3.83. The smallest absolute Gasteiger partial charge is 0.333 e. The zero-order valence-electron chi connectivity index (χ0n) is 12.5. The van der Waals surface area contributed by atoms with Gasteiger partial charge in [-0.3, -0.25) is 14.4 Å². The number of imide groups is 1. The number of carboxylic acids is 1. The molecular weight excluding hydrogens is 308 g/mol. The van der Waals surface area contributed by atoms with Crippen LogP contribution in [0.25, 0.3) is 0 Å². The average Bonchev–Trinajstić information content (AvgIpc) is 3.09. The Kier molecular flexibility index (Phi) is 5.30. The molecule has 0 aromatic rings. The lowest BCUT2D eigenvalue weighted by molar-refractivity contribution is -0.197. The molecule has 2 saturated heterocycles. The van der Waals surface area contributed by atoms with E-state index in [2.05, 4.69) is 4.84 Å². The van der Waals surface area contributed by atoms with Crippen LogP contribution in [0.3, 0.4) is 0 Å². The van der Waals surface area contributed by atoms with Crippen molar-refractivity contribution in [1.82, 2.24) is 9.96 Å². The van der Waals surface area contributed by atoms with Gasteiger partial charge in [-0.1, -0.05) is 0 Å². The second kappa shape index (κ2) is 7.21. The van der Waals surface area contributed by atoms with Crippen LogP contribution in [0.2, 0.25) is 0 Å². The van der Waals surface area contributed by atoms with Crippen molar-refractivity contribution in [3.05, 3.63) is 0 Å². The maximum absolute atomic E-state index is 12.0. The highest BCUT2D eigenvalue weighted by Crippen LogP contribution is 2.19. The van der Waals surface area contributed by atoms with Crippen LogP contribution in [0.4, 0.5) is 0 Å². The summed E-state index contributed by atoms with van der Waals surface area (Å²) >= 11 is 0. The Balaban J connectivity index is 1.73. The van der Waals surface area contributed by atoms with E-state index in [1.165, 1.54) is 4.90 Å². The third-order valence-corrected chi connectivity index (χ3v) is 3.83. The van der Waals surface area contributed by atoms with Crippen LogP contribution in [-0.2, 0) is 28.8 Å². The molecule has 2 rings (SSSR count). The summed E-state index contributed by atoms with van der Waals surface area (Å²) in [6.45, 7) is 0.400. The normalized spacial score (nSPS) is 21.0. The predicted molar refractivity (Wildman–Crippen MR) is 73.4 cm³/mol. The van der Waals surface area contributed by atoms with E-state index in [1.54, 1.807) is 0 Å². The highest BCUT2D eigenvalue weighted by Gasteiger charge is 2.34. The molecular formula is C14H18N2O7. The second-order valence-corrected chi connectivity index (χ2v) is 5.48. The average molecular weight is 326 g/mol. The van der Waals surface area contributed by atoms with Crippen molar-refractivity contribution in [3.8, 4) is 0 Å². The SMILES string of the molecule is O=C(CCCC(=O)N1CCC[C@H]1C(=O)O)ON1C(=O)CCC1=O. The van der Waals surface area contributed by atoms with Crippen molar-refractivity contribution in [3.63, 3.8) is 0 Å². The van der Waals surface area contributed by atoms with Crippen LogP contribution >= 0.6 is 0 Å². The fraction of sp³-hybridized carbons (Fsp3) is 0.643. The zero-order chi connectivity index (χ0) is 17.0. The van der Waals surface area contributed by atoms with Gasteiger partial charge in [-0.2, -0.15) is 0 Å². The number of hydrogen-bond donors (Lipinski definition) is 1. The summed E-state index contributed by atoms with van der Waals surface area (Å²) in [6.07, 6.45) is 1.17. The molecule has 0 saturated carbocycles. The van der Waals surface area contributed by atoms with Gasteiger partial charge in [0.15, 0.2) is 0 Å². The highest BCUT2D eigenvalue weighted by molar-refractivity contribution is 6.01. The van der Waals surface area contributed by atoms with Crippen LogP contribution < -0.4 is 0 Å².